The highest BCUT2D eigenvalue weighted by Gasteiger charge is 2.11. The van der Waals surface area contributed by atoms with Crippen LogP contribution in [0.2, 0.25) is 0 Å². The smallest absolute Gasteiger partial charge is 0.327 e. The van der Waals surface area contributed by atoms with Gasteiger partial charge in [-0.3, -0.25) is 9.89 Å². The van der Waals surface area contributed by atoms with E-state index in [2.05, 4.69) is 35.8 Å². The average molecular weight is 415 g/mol. The number of carbonyl (C=O) groups is 1. The third-order valence-corrected chi connectivity index (χ3v) is 4.24. The molecule has 3 N–H and O–H groups in total. The van der Waals surface area contributed by atoms with E-state index < -0.39 is 0 Å². The lowest BCUT2D eigenvalue weighted by molar-refractivity contribution is -0.115. The van der Waals surface area contributed by atoms with Crippen LogP contribution in [0.25, 0.3) is 0 Å². The largest absolute Gasteiger partial charge is 0.424 e. The molecule has 0 saturated heterocycles. The second-order valence-corrected chi connectivity index (χ2v) is 6.90. The Morgan fingerprint density at radius 1 is 1.00 bits per heavy atom. The van der Waals surface area contributed by atoms with Gasteiger partial charge in [0.15, 0.2) is 5.82 Å². The Labute approximate surface area is 178 Å². The summed E-state index contributed by atoms with van der Waals surface area (Å²) in [4.78, 5) is 25.0. The van der Waals surface area contributed by atoms with Crippen LogP contribution in [0.4, 0.5) is 17.5 Å². The van der Waals surface area contributed by atoms with Crippen LogP contribution in [0.3, 0.4) is 0 Å². The molecular weight excluding hydrogens is 394 g/mol. The maximum Gasteiger partial charge on any atom is 0.327 e. The normalized spacial score (nSPS) is 10.5. The van der Waals surface area contributed by atoms with Gasteiger partial charge in [0.2, 0.25) is 11.9 Å². The molecular formula is C22H21N7O2. The van der Waals surface area contributed by atoms with Crippen molar-refractivity contribution in [3.05, 3.63) is 77.7 Å². The number of H-pyrrole nitrogens is 1. The third-order valence-electron chi connectivity index (χ3n) is 4.24. The van der Waals surface area contributed by atoms with E-state index in [1.807, 2.05) is 61.5 Å². The minimum absolute atomic E-state index is 0.147. The third kappa shape index (κ3) is 5.63. The number of aromatic amines is 1. The summed E-state index contributed by atoms with van der Waals surface area (Å²) in [5.74, 6) is 1.76. The lowest BCUT2D eigenvalue weighted by Crippen LogP contribution is -2.14. The molecule has 156 valence electrons. The van der Waals surface area contributed by atoms with Crippen molar-refractivity contribution in [1.82, 2.24) is 25.1 Å². The molecule has 0 fully saturated rings. The summed E-state index contributed by atoms with van der Waals surface area (Å²) in [7, 11) is 0. The van der Waals surface area contributed by atoms with Crippen molar-refractivity contribution in [2.45, 2.75) is 20.3 Å². The molecule has 0 aliphatic carbocycles. The molecule has 0 spiro atoms. The summed E-state index contributed by atoms with van der Waals surface area (Å²) in [5.41, 5.74) is 2.53. The molecule has 0 radical (unpaired) electrons. The summed E-state index contributed by atoms with van der Waals surface area (Å²) in [5, 5.41) is 12.8. The number of anilines is 3. The Kier molecular flexibility index (Phi) is 5.84. The monoisotopic (exact) mass is 415 g/mol. The van der Waals surface area contributed by atoms with Crippen molar-refractivity contribution in [3.8, 4) is 11.8 Å². The van der Waals surface area contributed by atoms with E-state index in [1.165, 1.54) is 0 Å². The van der Waals surface area contributed by atoms with Crippen molar-refractivity contribution < 1.29 is 9.53 Å². The number of nitrogens with one attached hydrogen (secondary N) is 3. The molecule has 9 nitrogen and oxygen atoms in total. The van der Waals surface area contributed by atoms with Crippen LogP contribution in [0.1, 0.15) is 17.1 Å². The summed E-state index contributed by atoms with van der Waals surface area (Å²) >= 11 is 0. The minimum atomic E-state index is -0.147. The molecule has 0 aliphatic rings. The first-order chi connectivity index (χ1) is 15.0. The topological polar surface area (TPSA) is 118 Å². The van der Waals surface area contributed by atoms with E-state index in [4.69, 9.17) is 4.74 Å². The van der Waals surface area contributed by atoms with Gasteiger partial charge in [-0.15, -0.1) is 0 Å². The molecule has 0 atom stereocenters. The number of hydrogen-bond acceptors (Lipinski definition) is 7. The molecule has 4 aromatic rings. The summed E-state index contributed by atoms with van der Waals surface area (Å²) in [6.45, 7) is 3.75. The number of para-hydroxylation sites is 1. The Morgan fingerprint density at radius 3 is 2.55 bits per heavy atom. The molecule has 0 saturated carbocycles. The van der Waals surface area contributed by atoms with Gasteiger partial charge in [-0.05, 0) is 38.1 Å². The molecule has 2 aromatic carbocycles. The highest BCUT2D eigenvalue weighted by molar-refractivity contribution is 5.92. The zero-order valence-electron chi connectivity index (χ0n) is 17.1. The second kappa shape index (κ2) is 9.04. The number of amides is 1. The number of carbonyl (C=O) groups excluding carboxylic acids is 1. The molecule has 1 amide bonds. The number of rotatable bonds is 7. The SMILES string of the molecule is Cc1ccc(Oc2nc(C)nc(Nc3cc(CC(=O)Nc4ccccc4)[nH]n3)n2)cc1. The number of aromatic nitrogens is 5. The predicted molar refractivity (Wildman–Crippen MR) is 116 cm³/mol. The molecule has 2 aromatic heterocycles. The van der Waals surface area contributed by atoms with E-state index in [0.29, 0.717) is 29.0 Å². The van der Waals surface area contributed by atoms with Crippen LogP contribution < -0.4 is 15.4 Å². The summed E-state index contributed by atoms with van der Waals surface area (Å²) in [6, 6.07) is 18.8. The van der Waals surface area contributed by atoms with E-state index >= 15 is 0 Å². The first-order valence-electron chi connectivity index (χ1n) is 9.67. The lowest BCUT2D eigenvalue weighted by atomic mass is 10.2. The van der Waals surface area contributed by atoms with Gasteiger partial charge in [0.1, 0.15) is 11.6 Å². The minimum Gasteiger partial charge on any atom is -0.424 e. The average Bonchev–Trinajstić information content (AvgIpc) is 3.16. The van der Waals surface area contributed by atoms with Crippen LogP contribution >= 0.6 is 0 Å². The van der Waals surface area contributed by atoms with Gasteiger partial charge in [0.25, 0.3) is 0 Å². The van der Waals surface area contributed by atoms with Crippen LogP contribution in [-0.4, -0.2) is 31.1 Å². The van der Waals surface area contributed by atoms with Gasteiger partial charge >= 0.3 is 6.01 Å². The standard InChI is InChI=1S/C22H21N7O2/c1-14-8-10-18(11-9-14)31-22-24-15(2)23-21(27-22)26-19-12-17(28-29-19)13-20(30)25-16-6-4-3-5-7-16/h3-12H,13H2,1-2H3,(H,25,30)(H2,23,24,26,27,28,29). The van der Waals surface area contributed by atoms with Crippen molar-refractivity contribution in [2.24, 2.45) is 0 Å². The van der Waals surface area contributed by atoms with Crippen molar-refractivity contribution in [3.63, 3.8) is 0 Å². The first-order valence-corrected chi connectivity index (χ1v) is 9.67. The van der Waals surface area contributed by atoms with Crippen molar-refractivity contribution in [2.75, 3.05) is 10.6 Å². The Morgan fingerprint density at radius 2 is 1.77 bits per heavy atom. The van der Waals surface area contributed by atoms with Crippen LogP contribution in [0, 0.1) is 13.8 Å². The van der Waals surface area contributed by atoms with E-state index in [-0.39, 0.29) is 18.3 Å². The Balaban J connectivity index is 1.40. The molecule has 0 unspecified atom stereocenters. The zero-order chi connectivity index (χ0) is 21.6. The highest BCUT2D eigenvalue weighted by atomic mass is 16.5. The highest BCUT2D eigenvalue weighted by Crippen LogP contribution is 2.20. The number of benzene rings is 2. The van der Waals surface area contributed by atoms with Crippen LogP contribution in [-0.2, 0) is 11.2 Å². The lowest BCUT2D eigenvalue weighted by Gasteiger charge is -2.07. The Hall–Kier alpha value is -4.27. The fourth-order valence-electron chi connectivity index (χ4n) is 2.80. The maximum absolute atomic E-state index is 12.2. The van der Waals surface area contributed by atoms with Crippen molar-refractivity contribution in [1.29, 1.82) is 0 Å². The molecule has 0 aliphatic heterocycles. The van der Waals surface area contributed by atoms with E-state index in [9.17, 15) is 4.79 Å². The van der Waals surface area contributed by atoms with Gasteiger partial charge in [0.05, 0.1) is 6.42 Å². The fraction of sp³-hybridized carbons (Fsp3) is 0.136. The Bertz CT molecular complexity index is 1170. The first kappa shape index (κ1) is 20.0. The van der Waals surface area contributed by atoms with Gasteiger partial charge in [-0.1, -0.05) is 35.9 Å². The number of nitrogens with zero attached hydrogens (tertiary/aromatic N) is 4. The van der Waals surface area contributed by atoms with Crippen LogP contribution in [0.15, 0.2) is 60.7 Å². The number of ether oxygens (including phenoxy) is 1. The number of aryl methyl sites for hydroxylation is 2. The van der Waals surface area contributed by atoms with Gasteiger partial charge in [-0.2, -0.15) is 20.1 Å². The van der Waals surface area contributed by atoms with Gasteiger partial charge in [-0.25, -0.2) is 0 Å². The van der Waals surface area contributed by atoms with Gasteiger partial charge < -0.3 is 15.4 Å². The maximum atomic E-state index is 12.2. The van der Waals surface area contributed by atoms with E-state index in [0.717, 1.165) is 11.3 Å². The molecule has 2 heterocycles. The summed E-state index contributed by atoms with van der Waals surface area (Å²) < 4.78 is 5.72. The molecule has 9 heteroatoms. The van der Waals surface area contributed by atoms with Crippen LogP contribution in [0.5, 0.6) is 11.8 Å². The predicted octanol–water partition coefficient (Wildman–Crippen LogP) is 3.93. The number of hydrogen-bond donors (Lipinski definition) is 3. The summed E-state index contributed by atoms with van der Waals surface area (Å²) in [6.07, 6.45) is 0.154. The second-order valence-electron chi connectivity index (χ2n) is 6.90. The molecule has 4 rings (SSSR count). The van der Waals surface area contributed by atoms with Crippen molar-refractivity contribution >= 4 is 23.4 Å². The fourth-order valence-corrected chi connectivity index (χ4v) is 2.80. The quantitative estimate of drug-likeness (QED) is 0.418. The molecule has 31 heavy (non-hydrogen) atoms. The van der Waals surface area contributed by atoms with E-state index in [1.54, 1.807) is 13.0 Å². The zero-order valence-corrected chi connectivity index (χ0v) is 17.1. The van der Waals surface area contributed by atoms with Gasteiger partial charge in [0, 0.05) is 17.4 Å². The molecule has 0 bridgehead atoms.